The molecule has 118 valence electrons. The topological polar surface area (TPSA) is 93.6 Å². The average Bonchev–Trinajstić information content (AvgIpc) is 2.48. The zero-order chi connectivity index (χ0) is 16.4. The molecule has 0 spiro atoms. The number of hydrogen-bond donors (Lipinski definition) is 0. The van der Waals surface area contributed by atoms with E-state index in [-0.39, 0.29) is 15.5 Å². The highest BCUT2D eigenvalue weighted by Gasteiger charge is 2.20. The van der Waals surface area contributed by atoms with Crippen LogP contribution < -0.4 is 4.18 Å². The molecule has 0 aliphatic heterocycles. The van der Waals surface area contributed by atoms with E-state index in [4.69, 9.17) is 4.18 Å². The molecule has 9 heteroatoms. The first-order valence-electron chi connectivity index (χ1n) is 6.10. The number of aromatic nitrogens is 1. The number of pyridine rings is 1. The van der Waals surface area contributed by atoms with Gasteiger partial charge in [0.2, 0.25) is 10.0 Å². The fourth-order valence-corrected chi connectivity index (χ4v) is 3.38. The molecule has 22 heavy (non-hydrogen) atoms. The van der Waals surface area contributed by atoms with Crippen LogP contribution in [-0.2, 0) is 20.1 Å². The van der Waals surface area contributed by atoms with Crippen LogP contribution in [0.1, 0.15) is 0 Å². The summed E-state index contributed by atoms with van der Waals surface area (Å²) in [5.41, 5.74) is 0. The van der Waals surface area contributed by atoms with Gasteiger partial charge in [-0.1, -0.05) is 0 Å². The Kier molecular flexibility index (Phi) is 4.50. The summed E-state index contributed by atoms with van der Waals surface area (Å²) in [7, 11) is -4.87. The quantitative estimate of drug-likeness (QED) is 0.755. The maximum Gasteiger partial charge on any atom is 0.339 e. The SMILES string of the molecule is CN(C)S(=O)(=O)c1ccc(S(=O)(=O)Oc2cccnc2)cc1. The second-order valence-corrected chi connectivity index (χ2v) is 8.18. The Balaban J connectivity index is 2.31. The van der Waals surface area contributed by atoms with E-state index in [0.717, 1.165) is 4.31 Å². The molecule has 0 bridgehead atoms. The van der Waals surface area contributed by atoms with E-state index in [9.17, 15) is 16.8 Å². The van der Waals surface area contributed by atoms with E-state index in [1.165, 1.54) is 62.9 Å². The summed E-state index contributed by atoms with van der Waals surface area (Å²) in [6.45, 7) is 0. The molecule has 0 fully saturated rings. The van der Waals surface area contributed by atoms with Crippen LogP contribution in [0.15, 0.2) is 58.6 Å². The van der Waals surface area contributed by atoms with Gasteiger partial charge in [-0.15, -0.1) is 0 Å². The highest BCUT2D eigenvalue weighted by molar-refractivity contribution is 7.89. The molecular weight excluding hydrogens is 328 g/mol. The minimum absolute atomic E-state index is 0.00201. The summed E-state index contributed by atoms with van der Waals surface area (Å²) in [4.78, 5) is 3.61. The molecule has 0 radical (unpaired) electrons. The van der Waals surface area contributed by atoms with Crippen LogP contribution in [0.25, 0.3) is 0 Å². The molecule has 0 saturated carbocycles. The van der Waals surface area contributed by atoms with Crippen LogP contribution in [-0.4, -0.2) is 40.2 Å². The number of hydrogen-bond acceptors (Lipinski definition) is 6. The van der Waals surface area contributed by atoms with Crippen LogP contribution in [0.5, 0.6) is 5.75 Å². The molecule has 1 aromatic carbocycles. The van der Waals surface area contributed by atoms with Gasteiger partial charge in [0.25, 0.3) is 0 Å². The number of nitrogens with zero attached hydrogens (tertiary/aromatic N) is 2. The van der Waals surface area contributed by atoms with E-state index >= 15 is 0 Å². The van der Waals surface area contributed by atoms with Crippen LogP contribution >= 0.6 is 0 Å². The van der Waals surface area contributed by atoms with Gasteiger partial charge in [0.1, 0.15) is 4.90 Å². The summed E-state index contributed by atoms with van der Waals surface area (Å²) < 4.78 is 54.0. The molecule has 0 atom stereocenters. The van der Waals surface area contributed by atoms with Crippen molar-refractivity contribution in [3.8, 4) is 5.75 Å². The maximum absolute atomic E-state index is 12.1. The average molecular weight is 342 g/mol. The molecule has 2 aromatic rings. The van der Waals surface area contributed by atoms with Crippen LogP contribution in [0.4, 0.5) is 0 Å². The number of rotatable bonds is 5. The second kappa shape index (κ2) is 6.03. The third kappa shape index (κ3) is 3.43. The Morgan fingerprint density at radius 2 is 1.55 bits per heavy atom. The lowest BCUT2D eigenvalue weighted by molar-refractivity contribution is 0.484. The Morgan fingerprint density at radius 3 is 2.05 bits per heavy atom. The van der Waals surface area contributed by atoms with Crippen LogP contribution in [0.3, 0.4) is 0 Å². The molecule has 7 nitrogen and oxygen atoms in total. The minimum atomic E-state index is -4.04. The largest absolute Gasteiger partial charge is 0.377 e. The highest BCUT2D eigenvalue weighted by Crippen LogP contribution is 2.20. The number of sulfonamides is 1. The van der Waals surface area contributed by atoms with Crippen molar-refractivity contribution < 1.29 is 21.0 Å². The van der Waals surface area contributed by atoms with Crippen molar-refractivity contribution in [2.24, 2.45) is 0 Å². The highest BCUT2D eigenvalue weighted by atomic mass is 32.2. The molecule has 0 aliphatic rings. The van der Waals surface area contributed by atoms with Gasteiger partial charge in [0.15, 0.2) is 5.75 Å². The molecule has 2 rings (SSSR count). The van der Waals surface area contributed by atoms with Crippen LogP contribution in [0.2, 0.25) is 0 Å². The lowest BCUT2D eigenvalue weighted by atomic mass is 10.4. The first-order chi connectivity index (χ1) is 10.2. The van der Waals surface area contributed by atoms with Gasteiger partial charge in [-0.05, 0) is 36.4 Å². The first kappa shape index (κ1) is 16.4. The molecule has 0 amide bonds. The van der Waals surface area contributed by atoms with E-state index in [2.05, 4.69) is 4.98 Å². The van der Waals surface area contributed by atoms with Crippen molar-refractivity contribution in [2.75, 3.05) is 14.1 Å². The van der Waals surface area contributed by atoms with E-state index < -0.39 is 20.1 Å². The van der Waals surface area contributed by atoms with Gasteiger partial charge in [-0.2, -0.15) is 8.42 Å². The fraction of sp³-hybridized carbons (Fsp3) is 0.154. The van der Waals surface area contributed by atoms with Crippen molar-refractivity contribution >= 4 is 20.1 Å². The minimum Gasteiger partial charge on any atom is -0.377 e. The van der Waals surface area contributed by atoms with Gasteiger partial charge in [-0.25, -0.2) is 12.7 Å². The smallest absolute Gasteiger partial charge is 0.339 e. The molecule has 1 aromatic heterocycles. The normalized spacial score (nSPS) is 12.3. The standard InChI is InChI=1S/C13H14N2O5S2/c1-15(2)21(16,17)12-5-7-13(8-6-12)22(18,19)20-11-4-3-9-14-10-11/h3-10H,1-2H3. The zero-order valence-electron chi connectivity index (χ0n) is 11.9. The maximum atomic E-state index is 12.1. The Bertz CT molecular complexity index is 845. The van der Waals surface area contributed by atoms with Gasteiger partial charge >= 0.3 is 10.1 Å². The summed E-state index contributed by atoms with van der Waals surface area (Å²) >= 11 is 0. The van der Waals surface area contributed by atoms with Crippen LogP contribution in [0, 0.1) is 0 Å². The van der Waals surface area contributed by atoms with Crippen molar-refractivity contribution in [3.05, 3.63) is 48.8 Å². The Hall–Kier alpha value is -1.97. The van der Waals surface area contributed by atoms with Gasteiger partial charge < -0.3 is 4.18 Å². The summed E-state index contributed by atoms with van der Waals surface area (Å²) in [5.74, 6) is 0.0764. The molecule has 0 saturated heterocycles. The van der Waals surface area contributed by atoms with E-state index in [1.54, 1.807) is 0 Å². The third-order valence-corrected chi connectivity index (χ3v) is 5.82. The summed E-state index contributed by atoms with van der Waals surface area (Å²) in [6.07, 6.45) is 2.75. The van der Waals surface area contributed by atoms with E-state index in [1.807, 2.05) is 0 Å². The zero-order valence-corrected chi connectivity index (χ0v) is 13.5. The lowest BCUT2D eigenvalue weighted by Crippen LogP contribution is -2.22. The van der Waals surface area contributed by atoms with Crippen molar-refractivity contribution in [1.29, 1.82) is 0 Å². The molecule has 0 unspecified atom stereocenters. The van der Waals surface area contributed by atoms with Gasteiger partial charge in [0, 0.05) is 20.3 Å². The van der Waals surface area contributed by atoms with Gasteiger partial charge in [-0.3, -0.25) is 4.98 Å². The summed E-state index contributed by atoms with van der Waals surface area (Å²) in [5, 5.41) is 0. The molecule has 1 heterocycles. The monoisotopic (exact) mass is 342 g/mol. The van der Waals surface area contributed by atoms with Crippen molar-refractivity contribution in [1.82, 2.24) is 9.29 Å². The predicted molar refractivity (Wildman–Crippen MR) is 79.4 cm³/mol. The lowest BCUT2D eigenvalue weighted by Gasteiger charge is -2.12. The molecular formula is C13H14N2O5S2. The van der Waals surface area contributed by atoms with Gasteiger partial charge in [0.05, 0.1) is 11.1 Å². The van der Waals surface area contributed by atoms with Crippen molar-refractivity contribution in [3.63, 3.8) is 0 Å². The predicted octanol–water partition coefficient (Wildman–Crippen LogP) is 1.10. The fourth-order valence-electron chi connectivity index (χ4n) is 1.56. The van der Waals surface area contributed by atoms with E-state index in [0.29, 0.717) is 0 Å². The Labute approximate surface area is 129 Å². The summed E-state index contributed by atoms with van der Waals surface area (Å²) in [6, 6.07) is 7.79. The molecule has 0 N–H and O–H groups in total. The van der Waals surface area contributed by atoms with Crippen molar-refractivity contribution in [2.45, 2.75) is 9.79 Å². The Morgan fingerprint density at radius 1 is 0.955 bits per heavy atom. The number of benzene rings is 1. The second-order valence-electron chi connectivity index (χ2n) is 4.49. The third-order valence-electron chi connectivity index (χ3n) is 2.73. The first-order valence-corrected chi connectivity index (χ1v) is 8.95. The molecule has 0 aliphatic carbocycles.